The van der Waals surface area contributed by atoms with E-state index in [4.69, 9.17) is 0 Å². The van der Waals surface area contributed by atoms with Crippen LogP contribution in [0, 0.1) is 0 Å². The summed E-state index contributed by atoms with van der Waals surface area (Å²) < 4.78 is 80.9. The number of nitrogens with zero attached hydrogens (tertiary/aromatic N) is 2. The van der Waals surface area contributed by atoms with Gasteiger partial charge in [-0.1, -0.05) is 0 Å². The predicted molar refractivity (Wildman–Crippen MR) is 105 cm³/mol. The van der Waals surface area contributed by atoms with E-state index in [1.54, 1.807) is 4.57 Å². The normalized spacial score (nSPS) is 17.5. The highest BCUT2D eigenvalue weighted by Gasteiger charge is 2.33. The number of hydrogen-bond donors (Lipinski definition) is 2. The fourth-order valence-corrected chi connectivity index (χ4v) is 4.11. The molecular formula is C21H21F6N3O. The van der Waals surface area contributed by atoms with E-state index in [0.717, 1.165) is 50.4 Å². The molecule has 0 bridgehead atoms. The molecule has 3 aromatic rings. The highest BCUT2D eigenvalue weighted by atomic mass is 19.4. The Bertz CT molecular complexity index is 1010. The Morgan fingerprint density at radius 3 is 1.74 bits per heavy atom. The second kappa shape index (κ2) is 7.99. The largest absolute Gasteiger partial charge is 0.416 e. The third-order valence-electron chi connectivity index (χ3n) is 5.59. The minimum atomic E-state index is -4.62. The molecule has 1 aliphatic rings. The van der Waals surface area contributed by atoms with E-state index in [1.807, 2.05) is 0 Å². The Morgan fingerprint density at radius 2 is 1.29 bits per heavy atom. The molecule has 4 nitrogen and oxygen atoms in total. The number of benzene rings is 2. The Balaban J connectivity index is 1.79. The highest BCUT2D eigenvalue weighted by Crippen LogP contribution is 2.38. The lowest BCUT2D eigenvalue weighted by Crippen LogP contribution is -2.46. The van der Waals surface area contributed by atoms with Crippen molar-refractivity contribution in [2.75, 3.05) is 32.7 Å². The smallest absolute Gasteiger partial charge is 0.390 e. The number of halogens is 6. The fourth-order valence-electron chi connectivity index (χ4n) is 4.11. The van der Waals surface area contributed by atoms with Gasteiger partial charge >= 0.3 is 12.4 Å². The number of rotatable bonds is 4. The van der Waals surface area contributed by atoms with Crippen molar-refractivity contribution in [1.29, 1.82) is 0 Å². The van der Waals surface area contributed by atoms with E-state index in [-0.39, 0.29) is 17.3 Å². The molecule has 2 aromatic carbocycles. The molecular weight excluding hydrogens is 424 g/mol. The molecule has 1 unspecified atom stereocenters. The van der Waals surface area contributed by atoms with Gasteiger partial charge in [0.15, 0.2) is 0 Å². The van der Waals surface area contributed by atoms with Crippen LogP contribution in [0.4, 0.5) is 26.3 Å². The standard InChI is InChI=1S/C21H21F6N3O/c22-20(23,24)13-1-3-18-16(9-13)17-10-14(21(25,26)27)2-4-19(17)30(18)12-15(31)11-29-7-5-28-6-8-29/h1-4,9-10,15,28,31H,5-8,11-12H2. The molecule has 1 saturated heterocycles. The van der Waals surface area contributed by atoms with Crippen molar-refractivity contribution in [3.63, 3.8) is 0 Å². The summed E-state index contributed by atoms with van der Waals surface area (Å²) >= 11 is 0. The third kappa shape index (κ3) is 4.51. The van der Waals surface area contributed by atoms with Gasteiger partial charge in [0.2, 0.25) is 0 Å². The maximum Gasteiger partial charge on any atom is 0.416 e. The van der Waals surface area contributed by atoms with Gasteiger partial charge in [0, 0.05) is 54.5 Å². The summed E-state index contributed by atoms with van der Waals surface area (Å²) in [6, 6.07) is 6.07. The molecule has 0 saturated carbocycles. The average molecular weight is 445 g/mol. The number of aliphatic hydroxyl groups excluding tert-OH is 1. The molecule has 1 aromatic heterocycles. The minimum absolute atomic E-state index is 0.0562. The van der Waals surface area contributed by atoms with Crippen molar-refractivity contribution < 1.29 is 31.4 Å². The summed E-state index contributed by atoms with van der Waals surface area (Å²) in [6.45, 7) is 3.53. The van der Waals surface area contributed by atoms with Gasteiger partial charge in [-0.2, -0.15) is 26.3 Å². The fraction of sp³-hybridized carbons (Fsp3) is 0.429. The summed E-state index contributed by atoms with van der Waals surface area (Å²) in [5.41, 5.74) is -1.17. The number of fused-ring (bicyclic) bond motifs is 3. The molecule has 2 heterocycles. The van der Waals surface area contributed by atoms with Crippen molar-refractivity contribution in [3.8, 4) is 0 Å². The summed E-state index contributed by atoms with van der Waals surface area (Å²) in [5.74, 6) is 0. The molecule has 0 spiro atoms. The molecule has 1 fully saturated rings. The Kier molecular flexibility index (Phi) is 5.65. The van der Waals surface area contributed by atoms with Gasteiger partial charge in [-0.3, -0.25) is 4.90 Å². The van der Waals surface area contributed by atoms with Crippen LogP contribution in [0.5, 0.6) is 0 Å². The van der Waals surface area contributed by atoms with Gasteiger partial charge in [0.25, 0.3) is 0 Å². The summed E-state index contributed by atoms with van der Waals surface area (Å²) in [5, 5.41) is 14.0. The van der Waals surface area contributed by atoms with Crippen LogP contribution in [0.2, 0.25) is 0 Å². The molecule has 4 rings (SSSR count). The zero-order valence-electron chi connectivity index (χ0n) is 16.4. The van der Waals surface area contributed by atoms with E-state index in [2.05, 4.69) is 10.2 Å². The summed E-state index contributed by atoms with van der Waals surface area (Å²) in [4.78, 5) is 2.07. The van der Waals surface area contributed by atoms with Crippen LogP contribution < -0.4 is 5.32 Å². The van der Waals surface area contributed by atoms with Crippen LogP contribution in [-0.4, -0.2) is 53.4 Å². The van der Waals surface area contributed by atoms with E-state index in [0.29, 0.717) is 17.6 Å². The monoisotopic (exact) mass is 445 g/mol. The Morgan fingerprint density at radius 1 is 0.806 bits per heavy atom. The molecule has 1 atom stereocenters. The first kappa shape index (κ1) is 21.9. The number of nitrogens with one attached hydrogen (secondary N) is 1. The first-order chi connectivity index (χ1) is 14.5. The van der Waals surface area contributed by atoms with Gasteiger partial charge in [0.05, 0.1) is 23.8 Å². The highest BCUT2D eigenvalue weighted by molar-refractivity contribution is 6.08. The number of piperazine rings is 1. The molecule has 168 valence electrons. The van der Waals surface area contributed by atoms with Crippen molar-refractivity contribution in [3.05, 3.63) is 47.5 Å². The Hall–Kier alpha value is -2.30. The third-order valence-corrected chi connectivity index (χ3v) is 5.59. The number of aromatic nitrogens is 1. The summed E-state index contributed by atoms with van der Waals surface area (Å²) in [7, 11) is 0. The minimum Gasteiger partial charge on any atom is -0.390 e. The number of hydrogen-bond acceptors (Lipinski definition) is 3. The second-order valence-corrected chi connectivity index (χ2v) is 7.77. The number of β-amino-alcohol motifs (C(OH)–C–C–N with tert-alkyl or cyclic N) is 1. The van der Waals surface area contributed by atoms with Crippen LogP contribution in [-0.2, 0) is 18.9 Å². The van der Waals surface area contributed by atoms with Crippen molar-refractivity contribution in [2.45, 2.75) is 25.0 Å². The van der Waals surface area contributed by atoms with Crippen molar-refractivity contribution in [1.82, 2.24) is 14.8 Å². The van der Waals surface area contributed by atoms with Crippen LogP contribution in [0.1, 0.15) is 11.1 Å². The lowest BCUT2D eigenvalue weighted by molar-refractivity contribution is -0.138. The van der Waals surface area contributed by atoms with Crippen molar-refractivity contribution in [2.24, 2.45) is 0 Å². The maximum absolute atomic E-state index is 13.2. The lowest BCUT2D eigenvalue weighted by atomic mass is 10.1. The van der Waals surface area contributed by atoms with Gasteiger partial charge in [-0.25, -0.2) is 0 Å². The van der Waals surface area contributed by atoms with Crippen LogP contribution >= 0.6 is 0 Å². The van der Waals surface area contributed by atoms with Crippen molar-refractivity contribution >= 4 is 21.8 Å². The SMILES string of the molecule is OC(CN1CCNCC1)Cn1c2ccc(C(F)(F)F)cc2c2cc(C(F)(F)F)ccc21. The average Bonchev–Trinajstić information content (AvgIpc) is 3.00. The predicted octanol–water partition coefficient (Wildman–Crippen LogP) is 4.10. The van der Waals surface area contributed by atoms with Gasteiger partial charge in [-0.05, 0) is 36.4 Å². The van der Waals surface area contributed by atoms with Crippen LogP contribution in [0.15, 0.2) is 36.4 Å². The van der Waals surface area contributed by atoms with E-state index >= 15 is 0 Å². The molecule has 31 heavy (non-hydrogen) atoms. The van der Waals surface area contributed by atoms with Crippen LogP contribution in [0.3, 0.4) is 0 Å². The van der Waals surface area contributed by atoms with Gasteiger partial charge < -0.3 is 15.0 Å². The topological polar surface area (TPSA) is 40.4 Å². The number of alkyl halides is 6. The zero-order chi connectivity index (χ0) is 22.4. The van der Waals surface area contributed by atoms with Gasteiger partial charge in [0.1, 0.15) is 0 Å². The summed E-state index contributed by atoms with van der Waals surface area (Å²) in [6.07, 6.45) is -10.1. The molecule has 0 aliphatic carbocycles. The van der Waals surface area contributed by atoms with Gasteiger partial charge in [-0.15, -0.1) is 0 Å². The molecule has 2 N–H and O–H groups in total. The molecule has 1 aliphatic heterocycles. The van der Waals surface area contributed by atoms with Crippen LogP contribution in [0.25, 0.3) is 21.8 Å². The van der Waals surface area contributed by atoms with E-state index in [9.17, 15) is 31.4 Å². The Labute approximate surface area is 174 Å². The zero-order valence-corrected chi connectivity index (χ0v) is 16.4. The molecule has 0 radical (unpaired) electrons. The molecule has 0 amide bonds. The quantitative estimate of drug-likeness (QED) is 0.595. The lowest BCUT2D eigenvalue weighted by Gasteiger charge is -2.29. The number of aliphatic hydroxyl groups is 1. The maximum atomic E-state index is 13.2. The van der Waals surface area contributed by atoms with E-state index < -0.39 is 29.6 Å². The second-order valence-electron chi connectivity index (χ2n) is 7.77. The molecule has 10 heteroatoms. The first-order valence-electron chi connectivity index (χ1n) is 9.85. The van der Waals surface area contributed by atoms with E-state index in [1.165, 1.54) is 12.1 Å². The first-order valence-corrected chi connectivity index (χ1v) is 9.85.